The average molecular weight is 589 g/mol. The van der Waals surface area contributed by atoms with E-state index in [0.29, 0.717) is 17.8 Å². The van der Waals surface area contributed by atoms with Crippen molar-refractivity contribution in [3.05, 3.63) is 138 Å². The van der Waals surface area contributed by atoms with Crippen molar-refractivity contribution in [1.29, 1.82) is 0 Å². The predicted molar refractivity (Wildman–Crippen MR) is 194 cm³/mol. The number of benzene rings is 5. The molecule has 1 heteroatoms. The van der Waals surface area contributed by atoms with Crippen molar-refractivity contribution in [2.75, 3.05) is 0 Å². The van der Waals surface area contributed by atoms with Gasteiger partial charge in [0.15, 0.2) is 0 Å². The normalized spacial score (nSPS) is 11.7. The van der Waals surface area contributed by atoms with Crippen LogP contribution in [0.5, 0.6) is 0 Å². The summed E-state index contributed by atoms with van der Waals surface area (Å²) in [6.45, 7) is 16.0. The van der Waals surface area contributed by atoms with Crippen molar-refractivity contribution in [3.8, 4) is 44.6 Å². The van der Waals surface area contributed by atoms with Crippen LogP contribution in [-0.4, -0.2) is 0 Å². The molecule has 0 aliphatic heterocycles. The van der Waals surface area contributed by atoms with Crippen LogP contribution in [0.25, 0.3) is 55.5 Å². The molecule has 0 bridgehead atoms. The number of hydrogen-bond acceptors (Lipinski definition) is 0. The molecule has 0 amide bonds. The standard InChI is InChI=1S/C44H46N/c1-28(2)32-16-18-34(19-17-32)36-21-20-35-22-23-42(45(8)43(35)27-36)41-24-37(15-14-31(41)7)44-39(29(3)4)25-38(26-40(44)30(5)6)33-12-10-9-11-13-33/h9-30H,1-8H3/q+1. The SMILES string of the molecule is Cc1ccc(-c2c(C(C)C)cc(-c3ccccc3)cc2C(C)C)cc1-c1ccc2ccc(-c3ccc(C(C)C)cc3)cc2[n+]1C. The molecule has 0 atom stereocenters. The molecule has 0 aliphatic rings. The van der Waals surface area contributed by atoms with Crippen LogP contribution in [0, 0.1) is 6.92 Å². The van der Waals surface area contributed by atoms with E-state index in [1.165, 1.54) is 77.8 Å². The molecule has 0 unspecified atom stereocenters. The van der Waals surface area contributed by atoms with Crippen LogP contribution in [-0.2, 0) is 7.05 Å². The van der Waals surface area contributed by atoms with Gasteiger partial charge in [-0.2, -0.15) is 4.57 Å². The molecular weight excluding hydrogens is 542 g/mol. The van der Waals surface area contributed by atoms with Crippen LogP contribution >= 0.6 is 0 Å². The van der Waals surface area contributed by atoms with Crippen molar-refractivity contribution in [2.24, 2.45) is 7.05 Å². The fourth-order valence-corrected chi connectivity index (χ4v) is 6.68. The Kier molecular flexibility index (Phi) is 8.47. The first kappa shape index (κ1) is 30.5. The van der Waals surface area contributed by atoms with E-state index in [4.69, 9.17) is 0 Å². The Morgan fingerprint density at radius 1 is 0.489 bits per heavy atom. The Morgan fingerprint density at radius 2 is 1.07 bits per heavy atom. The van der Waals surface area contributed by atoms with Crippen molar-refractivity contribution in [2.45, 2.75) is 66.2 Å². The zero-order valence-electron chi connectivity index (χ0n) is 28.1. The molecular formula is C44H46N+. The third-order valence-electron chi connectivity index (χ3n) is 9.44. The molecule has 0 radical (unpaired) electrons. The Labute approximate surface area is 270 Å². The van der Waals surface area contributed by atoms with Crippen molar-refractivity contribution >= 4 is 10.9 Å². The molecule has 45 heavy (non-hydrogen) atoms. The molecule has 0 saturated carbocycles. The van der Waals surface area contributed by atoms with Gasteiger partial charge in [-0.05, 0) is 98.5 Å². The van der Waals surface area contributed by atoms with Crippen molar-refractivity contribution in [3.63, 3.8) is 0 Å². The minimum Gasteiger partial charge on any atom is -0.194 e. The number of pyridine rings is 1. The summed E-state index contributed by atoms with van der Waals surface area (Å²) < 4.78 is 2.37. The average Bonchev–Trinajstić information content (AvgIpc) is 3.05. The second-order valence-electron chi connectivity index (χ2n) is 13.6. The highest BCUT2D eigenvalue weighted by Gasteiger charge is 2.22. The molecule has 6 aromatic rings. The molecule has 0 aliphatic carbocycles. The number of aryl methyl sites for hydroxylation is 2. The Balaban J connectivity index is 1.49. The molecule has 226 valence electrons. The van der Waals surface area contributed by atoms with Gasteiger partial charge < -0.3 is 0 Å². The van der Waals surface area contributed by atoms with E-state index in [0.717, 1.165) is 0 Å². The summed E-state index contributed by atoms with van der Waals surface area (Å²) in [5.74, 6) is 1.33. The lowest BCUT2D eigenvalue weighted by Gasteiger charge is -2.23. The van der Waals surface area contributed by atoms with Crippen LogP contribution in [0.4, 0.5) is 0 Å². The zero-order chi connectivity index (χ0) is 31.8. The van der Waals surface area contributed by atoms with E-state index in [2.05, 4.69) is 175 Å². The number of aromatic nitrogens is 1. The summed E-state index contributed by atoms with van der Waals surface area (Å²) in [6.07, 6.45) is 0. The molecule has 0 saturated heterocycles. The topological polar surface area (TPSA) is 3.88 Å². The summed E-state index contributed by atoms with van der Waals surface area (Å²) in [7, 11) is 2.21. The second-order valence-corrected chi connectivity index (χ2v) is 13.6. The smallest absolute Gasteiger partial charge is 0.194 e. The van der Waals surface area contributed by atoms with Crippen LogP contribution in [0.15, 0.2) is 115 Å². The van der Waals surface area contributed by atoms with Gasteiger partial charge in [0.2, 0.25) is 11.2 Å². The molecule has 1 nitrogen and oxygen atoms in total. The predicted octanol–water partition coefficient (Wildman–Crippen LogP) is 12.0. The first-order valence-corrected chi connectivity index (χ1v) is 16.5. The molecule has 5 aromatic carbocycles. The molecule has 0 fully saturated rings. The summed E-state index contributed by atoms with van der Waals surface area (Å²) in [5, 5.41) is 1.25. The highest BCUT2D eigenvalue weighted by molar-refractivity contribution is 5.85. The van der Waals surface area contributed by atoms with Gasteiger partial charge in [0.05, 0.1) is 0 Å². The Bertz CT molecular complexity index is 1950. The van der Waals surface area contributed by atoms with Gasteiger partial charge in [0, 0.05) is 23.1 Å². The monoisotopic (exact) mass is 588 g/mol. The highest BCUT2D eigenvalue weighted by atomic mass is 14.9. The first-order valence-electron chi connectivity index (χ1n) is 16.5. The number of rotatable bonds is 7. The number of hydrogen-bond donors (Lipinski definition) is 0. The highest BCUT2D eigenvalue weighted by Crippen LogP contribution is 2.41. The zero-order valence-corrected chi connectivity index (χ0v) is 28.1. The minimum atomic E-state index is 0.399. The maximum atomic E-state index is 2.43. The van der Waals surface area contributed by atoms with E-state index < -0.39 is 0 Å². The van der Waals surface area contributed by atoms with Gasteiger partial charge in [0.25, 0.3) is 0 Å². The van der Waals surface area contributed by atoms with Crippen LogP contribution < -0.4 is 4.57 Å². The van der Waals surface area contributed by atoms with Gasteiger partial charge in [-0.3, -0.25) is 0 Å². The summed E-state index contributed by atoms with van der Waals surface area (Å²) in [5.41, 5.74) is 17.0. The van der Waals surface area contributed by atoms with Crippen LogP contribution in [0.3, 0.4) is 0 Å². The molecule has 1 heterocycles. The van der Waals surface area contributed by atoms with E-state index >= 15 is 0 Å². The molecule has 0 spiro atoms. The van der Waals surface area contributed by atoms with Gasteiger partial charge in [0.1, 0.15) is 7.05 Å². The summed E-state index contributed by atoms with van der Waals surface area (Å²) in [4.78, 5) is 0. The van der Waals surface area contributed by atoms with E-state index in [1.807, 2.05) is 0 Å². The Hall–Kier alpha value is -4.49. The fourth-order valence-electron chi connectivity index (χ4n) is 6.68. The molecule has 0 N–H and O–H groups in total. The molecule has 6 rings (SSSR count). The third-order valence-corrected chi connectivity index (χ3v) is 9.44. The number of fused-ring (bicyclic) bond motifs is 1. The van der Waals surface area contributed by atoms with E-state index in [-0.39, 0.29) is 0 Å². The lowest BCUT2D eigenvalue weighted by atomic mass is 9.81. The lowest BCUT2D eigenvalue weighted by molar-refractivity contribution is -0.633. The summed E-state index contributed by atoms with van der Waals surface area (Å²) >= 11 is 0. The van der Waals surface area contributed by atoms with Crippen LogP contribution in [0.1, 0.15) is 81.5 Å². The molecule has 1 aromatic heterocycles. The third kappa shape index (κ3) is 5.97. The largest absolute Gasteiger partial charge is 0.213 e. The van der Waals surface area contributed by atoms with Gasteiger partial charge in [-0.1, -0.05) is 126 Å². The quantitative estimate of drug-likeness (QED) is 0.163. The van der Waals surface area contributed by atoms with Crippen molar-refractivity contribution < 1.29 is 4.57 Å². The minimum absolute atomic E-state index is 0.399. The van der Waals surface area contributed by atoms with Crippen molar-refractivity contribution in [1.82, 2.24) is 0 Å². The Morgan fingerprint density at radius 3 is 1.69 bits per heavy atom. The van der Waals surface area contributed by atoms with Gasteiger partial charge in [-0.15, -0.1) is 0 Å². The van der Waals surface area contributed by atoms with Crippen LogP contribution in [0.2, 0.25) is 0 Å². The lowest BCUT2D eigenvalue weighted by Crippen LogP contribution is -2.32. The maximum Gasteiger partial charge on any atom is 0.213 e. The second kappa shape index (κ2) is 12.5. The van der Waals surface area contributed by atoms with Gasteiger partial charge in [-0.25, -0.2) is 0 Å². The first-order chi connectivity index (χ1) is 21.6. The van der Waals surface area contributed by atoms with E-state index in [9.17, 15) is 0 Å². The number of nitrogens with zero attached hydrogens (tertiary/aromatic N) is 1. The fraction of sp³-hybridized carbons (Fsp3) is 0.250. The maximum absolute atomic E-state index is 2.43. The van der Waals surface area contributed by atoms with Gasteiger partial charge >= 0.3 is 0 Å². The summed E-state index contributed by atoms with van der Waals surface area (Å²) in [6, 6.07) is 43.2. The van der Waals surface area contributed by atoms with E-state index in [1.54, 1.807) is 0 Å².